The second-order valence-corrected chi connectivity index (χ2v) is 5.60. The highest BCUT2D eigenvalue weighted by Gasteiger charge is 2.15. The maximum atomic E-state index is 12.2. The Kier molecular flexibility index (Phi) is 5.09. The van der Waals surface area contributed by atoms with Gasteiger partial charge in [-0.1, -0.05) is 12.1 Å². The second kappa shape index (κ2) is 7.62. The highest BCUT2D eigenvalue weighted by Crippen LogP contribution is 2.25. The number of benzene rings is 1. The van der Waals surface area contributed by atoms with E-state index in [1.807, 2.05) is 0 Å². The molecule has 3 rings (SSSR count). The molecular weight excluding hydrogens is 358 g/mol. The molecule has 1 aromatic carbocycles. The Labute approximate surface area is 153 Å². The predicted octanol–water partition coefficient (Wildman–Crippen LogP) is 3.25. The number of nitro benzene ring substituents is 1. The number of carbonyl (C=O) groups excluding carboxylic acids is 1. The molecule has 2 heterocycles. The van der Waals surface area contributed by atoms with Crippen LogP contribution >= 0.6 is 12.2 Å². The first-order valence-corrected chi connectivity index (χ1v) is 7.90. The smallest absolute Gasteiger partial charge is 0.293 e. The molecule has 0 bridgehead atoms. The number of non-ortho nitro benzene ring substituents is 1. The van der Waals surface area contributed by atoms with Gasteiger partial charge >= 0.3 is 0 Å². The largest absolute Gasteiger partial charge is 0.467 e. The van der Waals surface area contributed by atoms with Crippen molar-refractivity contribution in [3.8, 4) is 11.3 Å². The molecule has 0 fully saturated rings. The van der Waals surface area contributed by atoms with Crippen LogP contribution in [0, 0.1) is 10.1 Å². The van der Waals surface area contributed by atoms with Crippen LogP contribution in [0.2, 0.25) is 0 Å². The summed E-state index contributed by atoms with van der Waals surface area (Å²) < 4.78 is 10.6. The van der Waals surface area contributed by atoms with Crippen LogP contribution < -0.4 is 10.6 Å². The van der Waals surface area contributed by atoms with Crippen molar-refractivity contribution in [2.24, 2.45) is 0 Å². The summed E-state index contributed by atoms with van der Waals surface area (Å²) in [6.45, 7) is 0.337. The number of carbonyl (C=O) groups is 1. The number of hydrogen-bond acceptors (Lipinski definition) is 6. The van der Waals surface area contributed by atoms with E-state index in [0.29, 0.717) is 23.6 Å². The van der Waals surface area contributed by atoms with E-state index < -0.39 is 10.8 Å². The number of nitro groups is 1. The Morgan fingerprint density at radius 1 is 1.19 bits per heavy atom. The van der Waals surface area contributed by atoms with Gasteiger partial charge in [0.25, 0.3) is 11.6 Å². The SMILES string of the molecule is O=C(NC(=S)NCc1ccco1)c1ccc(-c2cccc([N+](=O)[O-])c2)o1. The Morgan fingerprint density at radius 3 is 2.77 bits per heavy atom. The molecule has 0 spiro atoms. The lowest BCUT2D eigenvalue weighted by atomic mass is 10.1. The molecule has 132 valence electrons. The zero-order chi connectivity index (χ0) is 18.5. The van der Waals surface area contributed by atoms with Crippen molar-refractivity contribution in [1.82, 2.24) is 10.6 Å². The van der Waals surface area contributed by atoms with Gasteiger partial charge in [-0.25, -0.2) is 0 Å². The quantitative estimate of drug-likeness (QED) is 0.402. The third-order valence-electron chi connectivity index (χ3n) is 3.40. The average Bonchev–Trinajstić information content (AvgIpc) is 3.32. The van der Waals surface area contributed by atoms with Gasteiger partial charge in [0.15, 0.2) is 10.9 Å². The lowest BCUT2D eigenvalue weighted by Crippen LogP contribution is -2.38. The Bertz CT molecular complexity index is 949. The minimum atomic E-state index is -0.529. The molecule has 3 aromatic rings. The van der Waals surface area contributed by atoms with Crippen molar-refractivity contribution in [1.29, 1.82) is 0 Å². The molecule has 0 saturated carbocycles. The van der Waals surface area contributed by atoms with Crippen molar-refractivity contribution < 1.29 is 18.6 Å². The van der Waals surface area contributed by atoms with Gasteiger partial charge < -0.3 is 14.2 Å². The molecule has 2 aromatic heterocycles. The molecule has 0 unspecified atom stereocenters. The lowest BCUT2D eigenvalue weighted by Gasteiger charge is -2.06. The first-order valence-electron chi connectivity index (χ1n) is 7.49. The third kappa shape index (κ3) is 4.14. The summed E-state index contributed by atoms with van der Waals surface area (Å²) in [7, 11) is 0. The summed E-state index contributed by atoms with van der Waals surface area (Å²) in [5.74, 6) is 0.521. The minimum absolute atomic E-state index is 0.0358. The lowest BCUT2D eigenvalue weighted by molar-refractivity contribution is -0.384. The van der Waals surface area contributed by atoms with Crippen molar-refractivity contribution in [2.45, 2.75) is 6.54 Å². The summed E-state index contributed by atoms with van der Waals surface area (Å²) in [5.41, 5.74) is 0.435. The van der Waals surface area contributed by atoms with Gasteiger partial charge in [0.05, 0.1) is 17.7 Å². The number of amides is 1. The van der Waals surface area contributed by atoms with E-state index in [2.05, 4.69) is 10.6 Å². The van der Waals surface area contributed by atoms with E-state index in [1.165, 1.54) is 24.5 Å². The fraction of sp³-hybridized carbons (Fsp3) is 0.0588. The number of thiocarbonyl (C=S) groups is 1. The standard InChI is InChI=1S/C17H13N3O5S/c21-16(19-17(26)18-10-13-5-2-8-24-13)15-7-6-14(25-15)11-3-1-4-12(9-11)20(22)23/h1-9H,10H2,(H2,18,19,21,26). The molecular formula is C17H13N3O5S. The Morgan fingerprint density at radius 2 is 2.04 bits per heavy atom. The topological polar surface area (TPSA) is 111 Å². The fourth-order valence-corrected chi connectivity index (χ4v) is 2.34. The first kappa shape index (κ1) is 17.4. The molecule has 1 amide bonds. The molecule has 26 heavy (non-hydrogen) atoms. The summed E-state index contributed by atoms with van der Waals surface area (Å²) in [6.07, 6.45) is 1.54. The normalized spacial score (nSPS) is 10.3. The van der Waals surface area contributed by atoms with E-state index in [4.69, 9.17) is 21.1 Å². The maximum Gasteiger partial charge on any atom is 0.293 e. The molecule has 0 aliphatic heterocycles. The van der Waals surface area contributed by atoms with Gasteiger partial charge in [-0.3, -0.25) is 20.2 Å². The number of rotatable bonds is 5. The molecule has 0 aliphatic rings. The van der Waals surface area contributed by atoms with Gasteiger partial charge in [-0.05, 0) is 36.5 Å². The van der Waals surface area contributed by atoms with Crippen LogP contribution in [0.1, 0.15) is 16.3 Å². The van der Waals surface area contributed by atoms with Crippen LogP contribution in [0.4, 0.5) is 5.69 Å². The van der Waals surface area contributed by atoms with Crippen molar-refractivity contribution in [2.75, 3.05) is 0 Å². The summed E-state index contributed by atoms with van der Waals surface area (Å²) in [4.78, 5) is 22.5. The van der Waals surface area contributed by atoms with Crippen molar-refractivity contribution in [3.05, 3.63) is 76.4 Å². The van der Waals surface area contributed by atoms with Gasteiger partial charge in [-0.15, -0.1) is 0 Å². The molecule has 2 N–H and O–H groups in total. The van der Waals surface area contributed by atoms with Gasteiger partial charge in [0, 0.05) is 17.7 Å². The highest BCUT2D eigenvalue weighted by atomic mass is 32.1. The van der Waals surface area contributed by atoms with Crippen molar-refractivity contribution in [3.63, 3.8) is 0 Å². The fourth-order valence-electron chi connectivity index (χ4n) is 2.18. The third-order valence-corrected chi connectivity index (χ3v) is 3.65. The van der Waals surface area contributed by atoms with E-state index in [1.54, 1.807) is 30.3 Å². The van der Waals surface area contributed by atoms with Crippen LogP contribution in [0.5, 0.6) is 0 Å². The number of furan rings is 2. The molecule has 8 nitrogen and oxygen atoms in total. The van der Waals surface area contributed by atoms with E-state index >= 15 is 0 Å². The Hall–Kier alpha value is -3.46. The zero-order valence-electron chi connectivity index (χ0n) is 13.3. The number of nitrogens with zero attached hydrogens (tertiary/aromatic N) is 1. The molecule has 0 atom stereocenters. The van der Waals surface area contributed by atoms with E-state index in [0.717, 1.165) is 0 Å². The van der Waals surface area contributed by atoms with Crippen molar-refractivity contribution >= 4 is 28.9 Å². The zero-order valence-corrected chi connectivity index (χ0v) is 14.1. The van der Waals surface area contributed by atoms with Crippen LogP contribution in [-0.2, 0) is 6.54 Å². The summed E-state index contributed by atoms with van der Waals surface area (Å²) in [6, 6.07) is 12.5. The van der Waals surface area contributed by atoms with Crippen LogP contribution in [0.15, 0.2) is 63.6 Å². The van der Waals surface area contributed by atoms with Crippen LogP contribution in [0.25, 0.3) is 11.3 Å². The number of hydrogen-bond donors (Lipinski definition) is 2. The second-order valence-electron chi connectivity index (χ2n) is 5.19. The maximum absolute atomic E-state index is 12.2. The number of nitrogens with one attached hydrogen (secondary N) is 2. The van der Waals surface area contributed by atoms with E-state index in [9.17, 15) is 14.9 Å². The molecule has 0 aliphatic carbocycles. The van der Waals surface area contributed by atoms with Crippen LogP contribution in [-0.4, -0.2) is 15.9 Å². The van der Waals surface area contributed by atoms with Gasteiger partial charge in [0.2, 0.25) is 0 Å². The van der Waals surface area contributed by atoms with Crippen LogP contribution in [0.3, 0.4) is 0 Å². The molecule has 0 saturated heterocycles. The minimum Gasteiger partial charge on any atom is -0.467 e. The molecule has 0 radical (unpaired) electrons. The monoisotopic (exact) mass is 371 g/mol. The Balaban J connectivity index is 1.63. The summed E-state index contributed by atoms with van der Waals surface area (Å²) in [5, 5.41) is 16.3. The average molecular weight is 371 g/mol. The molecule has 9 heteroatoms. The predicted molar refractivity (Wildman–Crippen MR) is 96.4 cm³/mol. The summed E-state index contributed by atoms with van der Waals surface area (Å²) >= 11 is 5.05. The first-order chi connectivity index (χ1) is 12.5. The van der Waals surface area contributed by atoms with E-state index in [-0.39, 0.29) is 16.6 Å². The highest BCUT2D eigenvalue weighted by molar-refractivity contribution is 7.80. The van der Waals surface area contributed by atoms with Gasteiger partial charge in [0.1, 0.15) is 11.5 Å². The van der Waals surface area contributed by atoms with Gasteiger partial charge in [-0.2, -0.15) is 0 Å².